The molecule has 6 heteroatoms. The highest BCUT2D eigenvalue weighted by molar-refractivity contribution is 7.99. The molecule has 3 aromatic rings. The van der Waals surface area contributed by atoms with E-state index in [2.05, 4.69) is 53.8 Å². The first-order chi connectivity index (χ1) is 15.7. The van der Waals surface area contributed by atoms with E-state index in [4.69, 9.17) is 4.98 Å². The fourth-order valence-corrected chi connectivity index (χ4v) is 6.00. The zero-order valence-corrected chi connectivity index (χ0v) is 18.8. The van der Waals surface area contributed by atoms with Crippen molar-refractivity contribution in [1.82, 2.24) is 14.9 Å². The minimum atomic E-state index is -0.111. The largest absolute Gasteiger partial charge is 0.356 e. The van der Waals surface area contributed by atoms with Crippen LogP contribution in [0.15, 0.2) is 70.6 Å². The van der Waals surface area contributed by atoms with Crippen LogP contribution >= 0.6 is 11.8 Å². The summed E-state index contributed by atoms with van der Waals surface area (Å²) >= 11 is 1.59. The topological polar surface area (TPSA) is 64.0 Å². The Bertz CT molecular complexity index is 1120. The maximum atomic E-state index is 12.9. The van der Waals surface area contributed by atoms with Crippen LogP contribution in [0.3, 0.4) is 0 Å². The van der Waals surface area contributed by atoms with Crippen molar-refractivity contribution < 1.29 is 4.79 Å². The molecule has 2 aromatic carbocycles. The van der Waals surface area contributed by atoms with Crippen molar-refractivity contribution in [2.75, 3.05) is 12.3 Å². The number of fused-ring (bicyclic) bond motifs is 2. The molecule has 1 atom stereocenters. The van der Waals surface area contributed by atoms with E-state index in [-0.39, 0.29) is 23.4 Å². The normalized spacial score (nSPS) is 16.7. The number of amides is 1. The van der Waals surface area contributed by atoms with Gasteiger partial charge in [-0.2, -0.15) is 0 Å². The average Bonchev–Trinajstić information content (AvgIpc) is 3.46. The number of aryl methyl sites for hydroxylation is 1. The van der Waals surface area contributed by atoms with Gasteiger partial charge >= 0.3 is 0 Å². The molecular formula is C26H27N3O2S. The first-order valence-corrected chi connectivity index (χ1v) is 12.3. The molecule has 0 saturated carbocycles. The molecule has 2 aliphatic rings. The van der Waals surface area contributed by atoms with E-state index >= 15 is 0 Å². The maximum absolute atomic E-state index is 12.9. The molecule has 5 rings (SSSR count). The van der Waals surface area contributed by atoms with Crippen LogP contribution in [0.1, 0.15) is 53.6 Å². The molecule has 0 bridgehead atoms. The third-order valence-corrected chi connectivity index (χ3v) is 7.55. The van der Waals surface area contributed by atoms with Crippen molar-refractivity contribution in [2.45, 2.75) is 49.2 Å². The van der Waals surface area contributed by atoms with E-state index in [0.29, 0.717) is 13.0 Å². The number of thioether (sulfide) groups is 1. The lowest BCUT2D eigenvalue weighted by Gasteiger charge is -2.19. The van der Waals surface area contributed by atoms with E-state index in [1.165, 1.54) is 11.1 Å². The van der Waals surface area contributed by atoms with E-state index < -0.39 is 0 Å². The Kier molecular flexibility index (Phi) is 6.12. The molecule has 32 heavy (non-hydrogen) atoms. The molecule has 5 nitrogen and oxygen atoms in total. The number of hydrogen-bond acceptors (Lipinski definition) is 4. The second-order valence-electron chi connectivity index (χ2n) is 8.53. The van der Waals surface area contributed by atoms with Gasteiger partial charge in [-0.3, -0.25) is 14.2 Å². The van der Waals surface area contributed by atoms with Crippen LogP contribution in [0.2, 0.25) is 0 Å². The summed E-state index contributed by atoms with van der Waals surface area (Å²) in [6, 6.07) is 20.7. The highest BCUT2D eigenvalue weighted by Gasteiger charge is 2.31. The Hall–Kier alpha value is -2.86. The average molecular weight is 446 g/mol. The Morgan fingerprint density at radius 2 is 1.75 bits per heavy atom. The summed E-state index contributed by atoms with van der Waals surface area (Å²) in [5, 5.41) is 3.88. The standard InChI is InChI=1S/C26H27N3O2S/c30-24(16-20-17-32-26-28-23-13-7-12-22(23)25(31)29(20)26)27-15-14-21(18-8-3-1-4-9-18)19-10-5-2-6-11-19/h1-6,8-11,20-21H,7,12-17H2,(H,27,30). The van der Waals surface area contributed by atoms with Crippen molar-refractivity contribution >= 4 is 17.7 Å². The van der Waals surface area contributed by atoms with Crippen LogP contribution < -0.4 is 10.9 Å². The zero-order valence-electron chi connectivity index (χ0n) is 18.0. The minimum absolute atomic E-state index is 0.00396. The van der Waals surface area contributed by atoms with Gasteiger partial charge in [0.25, 0.3) is 5.56 Å². The summed E-state index contributed by atoms with van der Waals surface area (Å²) < 4.78 is 1.77. The number of carbonyl (C=O) groups is 1. The van der Waals surface area contributed by atoms with Crippen LogP contribution in [0.25, 0.3) is 0 Å². The zero-order chi connectivity index (χ0) is 21.9. The van der Waals surface area contributed by atoms with Crippen molar-refractivity contribution in [3.8, 4) is 0 Å². The summed E-state index contributed by atoms with van der Waals surface area (Å²) in [7, 11) is 0. The number of hydrogen-bond donors (Lipinski definition) is 1. The SMILES string of the molecule is O=C(CC1CSc2nc3c(c(=O)n21)CCC3)NCCC(c1ccccc1)c1ccccc1. The van der Waals surface area contributed by atoms with E-state index in [1.807, 2.05) is 12.1 Å². The van der Waals surface area contributed by atoms with Crippen LogP contribution in [0, 0.1) is 0 Å². The van der Waals surface area contributed by atoms with Crippen molar-refractivity contribution in [3.05, 3.63) is 93.4 Å². The summed E-state index contributed by atoms with van der Waals surface area (Å²) in [5.41, 5.74) is 4.39. The van der Waals surface area contributed by atoms with Crippen molar-refractivity contribution in [1.29, 1.82) is 0 Å². The van der Waals surface area contributed by atoms with Gasteiger partial charge in [0, 0.05) is 30.2 Å². The van der Waals surface area contributed by atoms with Crippen LogP contribution in [-0.2, 0) is 17.6 Å². The first-order valence-electron chi connectivity index (χ1n) is 11.3. The lowest BCUT2D eigenvalue weighted by Crippen LogP contribution is -2.32. The molecule has 0 radical (unpaired) electrons. The van der Waals surface area contributed by atoms with Gasteiger partial charge in [0.05, 0.1) is 11.7 Å². The molecule has 2 heterocycles. The van der Waals surface area contributed by atoms with Gasteiger partial charge in [0.2, 0.25) is 5.91 Å². The quantitative estimate of drug-likeness (QED) is 0.556. The molecule has 1 unspecified atom stereocenters. The number of nitrogens with one attached hydrogen (secondary N) is 1. The van der Waals surface area contributed by atoms with Gasteiger partial charge in [0.15, 0.2) is 5.16 Å². The third kappa shape index (κ3) is 4.24. The molecule has 0 fully saturated rings. The van der Waals surface area contributed by atoms with Gasteiger partial charge < -0.3 is 5.32 Å². The fraction of sp³-hybridized carbons (Fsp3) is 0.346. The number of carbonyl (C=O) groups excluding carboxylic acids is 1. The Morgan fingerprint density at radius 1 is 1.06 bits per heavy atom. The summed E-state index contributed by atoms with van der Waals surface area (Å²) in [4.78, 5) is 30.4. The van der Waals surface area contributed by atoms with E-state index in [1.54, 1.807) is 16.3 Å². The number of aromatic nitrogens is 2. The molecule has 0 saturated heterocycles. The van der Waals surface area contributed by atoms with Crippen LogP contribution in [0.4, 0.5) is 0 Å². The first kappa shape index (κ1) is 21.0. The molecule has 1 aliphatic heterocycles. The second-order valence-corrected chi connectivity index (χ2v) is 9.52. The Balaban J connectivity index is 1.23. The predicted molar refractivity (Wildman–Crippen MR) is 127 cm³/mol. The number of rotatable bonds is 7. The van der Waals surface area contributed by atoms with Crippen LogP contribution in [0.5, 0.6) is 0 Å². The van der Waals surface area contributed by atoms with Gasteiger partial charge in [-0.1, -0.05) is 72.4 Å². The molecule has 1 amide bonds. The smallest absolute Gasteiger partial charge is 0.257 e. The van der Waals surface area contributed by atoms with E-state index in [9.17, 15) is 9.59 Å². The molecule has 0 spiro atoms. The summed E-state index contributed by atoms with van der Waals surface area (Å²) in [6.07, 6.45) is 3.85. The lowest BCUT2D eigenvalue weighted by atomic mass is 9.88. The monoisotopic (exact) mass is 445 g/mol. The Morgan fingerprint density at radius 3 is 2.44 bits per heavy atom. The summed E-state index contributed by atoms with van der Waals surface area (Å²) in [5.74, 6) is 0.959. The van der Waals surface area contributed by atoms with Crippen molar-refractivity contribution in [2.24, 2.45) is 0 Å². The predicted octanol–water partition coefficient (Wildman–Crippen LogP) is 4.11. The lowest BCUT2D eigenvalue weighted by molar-refractivity contribution is -0.121. The molecule has 1 aromatic heterocycles. The van der Waals surface area contributed by atoms with Gasteiger partial charge in [-0.15, -0.1) is 0 Å². The molecule has 1 N–H and O–H groups in total. The molecule has 1 aliphatic carbocycles. The second kappa shape index (κ2) is 9.33. The number of benzene rings is 2. The highest BCUT2D eigenvalue weighted by Crippen LogP contribution is 2.34. The molecule has 164 valence electrons. The number of nitrogens with zero attached hydrogens (tertiary/aromatic N) is 2. The van der Waals surface area contributed by atoms with E-state index in [0.717, 1.165) is 47.8 Å². The van der Waals surface area contributed by atoms with Gasteiger partial charge in [-0.25, -0.2) is 4.98 Å². The van der Waals surface area contributed by atoms with Crippen LogP contribution in [-0.4, -0.2) is 27.8 Å². The third-order valence-electron chi connectivity index (χ3n) is 6.45. The molecular weight excluding hydrogens is 418 g/mol. The highest BCUT2D eigenvalue weighted by atomic mass is 32.2. The Labute approximate surface area is 192 Å². The van der Waals surface area contributed by atoms with Gasteiger partial charge in [-0.05, 0) is 36.8 Å². The minimum Gasteiger partial charge on any atom is -0.356 e. The van der Waals surface area contributed by atoms with Crippen molar-refractivity contribution in [3.63, 3.8) is 0 Å². The van der Waals surface area contributed by atoms with Gasteiger partial charge in [0.1, 0.15) is 0 Å². The maximum Gasteiger partial charge on any atom is 0.257 e. The fourth-order valence-electron chi connectivity index (χ4n) is 4.84. The summed E-state index contributed by atoms with van der Waals surface area (Å²) in [6.45, 7) is 0.595.